The second-order valence-electron chi connectivity index (χ2n) is 5.27. The van der Waals surface area contributed by atoms with Crippen LogP contribution in [0.2, 0.25) is 0 Å². The lowest BCUT2D eigenvalue weighted by Crippen LogP contribution is -2.11. The van der Waals surface area contributed by atoms with Gasteiger partial charge in [0.15, 0.2) is 16.7 Å². The van der Waals surface area contributed by atoms with Crippen LogP contribution in [0.1, 0.15) is 44.2 Å². The van der Waals surface area contributed by atoms with E-state index in [2.05, 4.69) is 42.8 Å². The van der Waals surface area contributed by atoms with Gasteiger partial charge in [0.2, 0.25) is 0 Å². The van der Waals surface area contributed by atoms with Crippen LogP contribution in [0, 0.1) is 4.77 Å². The second kappa shape index (κ2) is 6.72. The summed E-state index contributed by atoms with van der Waals surface area (Å²) in [6, 6.07) is 8.16. The van der Waals surface area contributed by atoms with Gasteiger partial charge in [-0.1, -0.05) is 32.1 Å². The van der Waals surface area contributed by atoms with Crippen molar-refractivity contribution in [3.8, 4) is 5.75 Å². The topological polar surface area (TPSA) is 42.8 Å². The zero-order valence-corrected chi connectivity index (χ0v) is 13.5. The predicted molar refractivity (Wildman–Crippen MR) is 87.2 cm³/mol. The van der Waals surface area contributed by atoms with E-state index in [9.17, 15) is 0 Å². The van der Waals surface area contributed by atoms with Crippen molar-refractivity contribution >= 4 is 12.2 Å². The summed E-state index contributed by atoms with van der Waals surface area (Å²) in [7, 11) is 0. The predicted octanol–water partition coefficient (Wildman–Crippen LogP) is 4.39. The van der Waals surface area contributed by atoms with Gasteiger partial charge in [-0.15, -0.1) is 6.58 Å². The number of aromatic nitrogens is 3. The summed E-state index contributed by atoms with van der Waals surface area (Å²) < 4.78 is 8.42. The van der Waals surface area contributed by atoms with E-state index in [0.29, 0.717) is 17.2 Å². The van der Waals surface area contributed by atoms with Crippen LogP contribution in [-0.4, -0.2) is 14.8 Å². The molecule has 4 nitrogen and oxygen atoms in total. The first-order valence-corrected chi connectivity index (χ1v) is 7.46. The van der Waals surface area contributed by atoms with Gasteiger partial charge >= 0.3 is 0 Å². The number of nitrogens with zero attached hydrogens (tertiary/aromatic N) is 2. The zero-order chi connectivity index (χ0) is 15.4. The molecular formula is C16H21N3OS. The van der Waals surface area contributed by atoms with E-state index < -0.39 is 0 Å². The molecule has 5 heteroatoms. The van der Waals surface area contributed by atoms with Gasteiger partial charge in [0.05, 0.1) is 0 Å². The molecule has 2 rings (SSSR count). The molecule has 0 spiro atoms. The van der Waals surface area contributed by atoms with E-state index in [4.69, 9.17) is 17.0 Å². The molecule has 1 N–H and O–H groups in total. The molecule has 0 unspecified atom stereocenters. The number of ether oxygens (including phenoxy) is 1. The molecule has 0 aliphatic rings. The molecule has 0 saturated heterocycles. The largest absolute Gasteiger partial charge is 0.483 e. The Morgan fingerprint density at radius 2 is 2.00 bits per heavy atom. The molecule has 21 heavy (non-hydrogen) atoms. The minimum atomic E-state index is -0.192. The quantitative estimate of drug-likeness (QED) is 0.635. The van der Waals surface area contributed by atoms with Crippen LogP contribution in [0.3, 0.4) is 0 Å². The Bertz CT molecular complexity index is 655. The zero-order valence-electron chi connectivity index (χ0n) is 12.7. The van der Waals surface area contributed by atoms with E-state index in [-0.39, 0.29) is 6.10 Å². The number of benzene rings is 1. The third-order valence-electron chi connectivity index (χ3n) is 3.32. The molecular weight excluding hydrogens is 282 g/mol. The molecule has 1 aromatic carbocycles. The van der Waals surface area contributed by atoms with Gasteiger partial charge < -0.3 is 4.74 Å². The Kier molecular flexibility index (Phi) is 4.96. The molecule has 2 aromatic rings. The number of nitrogens with one attached hydrogen (secondary N) is 1. The number of aromatic amines is 1. The third-order valence-corrected chi connectivity index (χ3v) is 3.63. The summed E-state index contributed by atoms with van der Waals surface area (Å²) in [4.78, 5) is 0. The molecule has 0 fully saturated rings. The molecule has 1 heterocycles. The summed E-state index contributed by atoms with van der Waals surface area (Å²) in [5, 5.41) is 7.05. The fourth-order valence-electron chi connectivity index (χ4n) is 2.13. The first kappa shape index (κ1) is 15.5. The first-order chi connectivity index (χ1) is 10.0. The monoisotopic (exact) mass is 303 g/mol. The molecule has 112 valence electrons. The van der Waals surface area contributed by atoms with E-state index in [1.807, 2.05) is 23.6 Å². The minimum Gasteiger partial charge on any atom is -0.483 e. The Labute approximate surface area is 130 Å². The lowest BCUT2D eigenvalue weighted by molar-refractivity contribution is 0.211. The van der Waals surface area contributed by atoms with Crippen molar-refractivity contribution in [2.75, 3.05) is 0 Å². The van der Waals surface area contributed by atoms with Gasteiger partial charge in [-0.2, -0.15) is 5.10 Å². The highest BCUT2D eigenvalue weighted by molar-refractivity contribution is 7.71. The van der Waals surface area contributed by atoms with Crippen molar-refractivity contribution in [2.24, 2.45) is 0 Å². The maximum Gasteiger partial charge on any atom is 0.195 e. The van der Waals surface area contributed by atoms with Gasteiger partial charge in [0, 0.05) is 6.54 Å². The second-order valence-corrected chi connectivity index (χ2v) is 5.66. The van der Waals surface area contributed by atoms with E-state index in [0.717, 1.165) is 11.6 Å². The molecule has 0 amide bonds. The lowest BCUT2D eigenvalue weighted by Gasteiger charge is -2.15. The maximum atomic E-state index is 5.95. The standard InChI is InChI=1S/C16H21N3OS/c1-5-10-19-15(17-18-16(19)21)12(4)20-14-8-6-13(7-9-14)11(2)3/h5-9,11-12H,1,10H2,2-4H3,(H,18,21)/t12-/m1/s1. The number of allylic oxidation sites excluding steroid dienone is 1. The molecule has 0 aliphatic carbocycles. The molecule has 0 aliphatic heterocycles. The van der Waals surface area contributed by atoms with E-state index in [1.54, 1.807) is 6.08 Å². The van der Waals surface area contributed by atoms with Crippen LogP contribution < -0.4 is 4.74 Å². The maximum absolute atomic E-state index is 5.95. The number of H-pyrrole nitrogens is 1. The van der Waals surface area contributed by atoms with E-state index in [1.165, 1.54) is 5.56 Å². The van der Waals surface area contributed by atoms with Crippen LogP contribution in [0.15, 0.2) is 36.9 Å². The smallest absolute Gasteiger partial charge is 0.195 e. The highest BCUT2D eigenvalue weighted by atomic mass is 32.1. The molecule has 0 saturated carbocycles. The molecule has 1 aromatic heterocycles. The number of rotatable bonds is 6. The third kappa shape index (κ3) is 3.61. The Morgan fingerprint density at radius 3 is 2.57 bits per heavy atom. The number of hydrogen-bond acceptors (Lipinski definition) is 3. The van der Waals surface area contributed by atoms with Crippen molar-refractivity contribution in [3.63, 3.8) is 0 Å². The van der Waals surface area contributed by atoms with E-state index >= 15 is 0 Å². The summed E-state index contributed by atoms with van der Waals surface area (Å²) in [6.07, 6.45) is 1.60. The average Bonchev–Trinajstić information content (AvgIpc) is 2.81. The van der Waals surface area contributed by atoms with Crippen LogP contribution in [-0.2, 0) is 6.54 Å². The Balaban J connectivity index is 2.16. The van der Waals surface area contributed by atoms with Gasteiger partial charge in [-0.25, -0.2) is 0 Å². The van der Waals surface area contributed by atoms with Crippen molar-refractivity contribution < 1.29 is 4.74 Å². The minimum absolute atomic E-state index is 0.192. The summed E-state index contributed by atoms with van der Waals surface area (Å²) in [6.45, 7) is 10.7. The fraction of sp³-hybridized carbons (Fsp3) is 0.375. The normalized spacial score (nSPS) is 12.4. The fourth-order valence-corrected chi connectivity index (χ4v) is 2.35. The summed E-state index contributed by atoms with van der Waals surface area (Å²) in [5.74, 6) is 2.11. The first-order valence-electron chi connectivity index (χ1n) is 7.05. The Morgan fingerprint density at radius 1 is 1.33 bits per heavy atom. The SMILES string of the molecule is C=CCn1c([C@@H](C)Oc2ccc(C(C)C)cc2)n[nH]c1=S. The van der Waals surface area contributed by atoms with Crippen molar-refractivity contribution in [1.29, 1.82) is 0 Å². The van der Waals surface area contributed by atoms with Gasteiger partial charge in [-0.3, -0.25) is 9.67 Å². The van der Waals surface area contributed by atoms with Crippen LogP contribution in [0.25, 0.3) is 0 Å². The van der Waals surface area contributed by atoms with Gasteiger partial charge in [0.1, 0.15) is 5.75 Å². The van der Waals surface area contributed by atoms with Crippen LogP contribution >= 0.6 is 12.2 Å². The van der Waals surface area contributed by atoms with Crippen LogP contribution in [0.4, 0.5) is 0 Å². The van der Waals surface area contributed by atoms with Gasteiger partial charge in [0.25, 0.3) is 0 Å². The highest BCUT2D eigenvalue weighted by Gasteiger charge is 2.15. The number of hydrogen-bond donors (Lipinski definition) is 1. The summed E-state index contributed by atoms with van der Waals surface area (Å²) >= 11 is 5.21. The van der Waals surface area contributed by atoms with Crippen molar-refractivity contribution in [1.82, 2.24) is 14.8 Å². The molecule has 0 bridgehead atoms. The highest BCUT2D eigenvalue weighted by Crippen LogP contribution is 2.23. The van der Waals surface area contributed by atoms with Crippen molar-refractivity contribution in [3.05, 3.63) is 53.1 Å². The summed E-state index contributed by atoms with van der Waals surface area (Å²) in [5.41, 5.74) is 1.30. The van der Waals surface area contributed by atoms with Crippen LogP contribution in [0.5, 0.6) is 5.75 Å². The molecule has 1 atom stereocenters. The van der Waals surface area contributed by atoms with Crippen molar-refractivity contribution in [2.45, 2.75) is 39.3 Å². The lowest BCUT2D eigenvalue weighted by atomic mass is 10.0. The van der Waals surface area contributed by atoms with Gasteiger partial charge in [-0.05, 0) is 42.8 Å². The average molecular weight is 303 g/mol. The Hall–Kier alpha value is -1.88. The molecule has 0 radical (unpaired) electrons.